The first-order valence-electron chi connectivity index (χ1n) is 6.89. The molecule has 21 heavy (non-hydrogen) atoms. The van der Waals surface area contributed by atoms with Crippen molar-refractivity contribution in [3.05, 3.63) is 40.6 Å². The molecule has 0 bridgehead atoms. The lowest BCUT2D eigenvalue weighted by Crippen LogP contribution is -2.46. The molecule has 0 saturated carbocycles. The van der Waals surface area contributed by atoms with Gasteiger partial charge >= 0.3 is 0 Å². The number of nitrogens with one attached hydrogen (secondary N) is 2. The summed E-state index contributed by atoms with van der Waals surface area (Å²) in [5.41, 5.74) is 2.26. The number of amides is 1. The van der Waals surface area contributed by atoms with Gasteiger partial charge in [0.2, 0.25) is 5.95 Å². The summed E-state index contributed by atoms with van der Waals surface area (Å²) in [5, 5.41) is 5.81. The van der Waals surface area contributed by atoms with Crippen LogP contribution >= 0.6 is 0 Å². The normalized spacial score (nSPS) is 15.8. The van der Waals surface area contributed by atoms with Gasteiger partial charge in [0.15, 0.2) is 0 Å². The van der Waals surface area contributed by atoms with E-state index in [0.717, 1.165) is 25.9 Å². The van der Waals surface area contributed by atoms with Gasteiger partial charge in [0.05, 0.1) is 0 Å². The first-order chi connectivity index (χ1) is 10.2. The SMILES string of the molecule is O=C(NN1CCCCC1)c1cnc(-n2cccn2)[nH]c1=O. The zero-order valence-corrected chi connectivity index (χ0v) is 11.5. The number of hydrazine groups is 1. The maximum atomic E-state index is 12.1. The fourth-order valence-corrected chi connectivity index (χ4v) is 2.27. The maximum absolute atomic E-state index is 12.1. The van der Waals surface area contributed by atoms with Gasteiger partial charge in [0, 0.05) is 31.7 Å². The van der Waals surface area contributed by atoms with Crippen LogP contribution in [0.1, 0.15) is 29.6 Å². The van der Waals surface area contributed by atoms with Gasteiger partial charge in [-0.15, -0.1) is 0 Å². The largest absolute Gasteiger partial charge is 0.290 e. The van der Waals surface area contributed by atoms with Crippen LogP contribution in [0.5, 0.6) is 0 Å². The van der Waals surface area contributed by atoms with Crippen LogP contribution < -0.4 is 11.0 Å². The van der Waals surface area contributed by atoms with E-state index in [4.69, 9.17) is 0 Å². The number of carbonyl (C=O) groups excluding carboxylic acids is 1. The smallest absolute Gasteiger partial charge is 0.272 e. The van der Waals surface area contributed by atoms with E-state index >= 15 is 0 Å². The highest BCUT2D eigenvalue weighted by Crippen LogP contribution is 2.06. The Balaban J connectivity index is 1.76. The summed E-state index contributed by atoms with van der Waals surface area (Å²) in [7, 11) is 0. The van der Waals surface area contributed by atoms with Gasteiger partial charge in [-0.25, -0.2) is 14.7 Å². The molecule has 0 aromatic carbocycles. The molecule has 0 atom stereocenters. The van der Waals surface area contributed by atoms with Crippen molar-refractivity contribution in [1.82, 2.24) is 30.2 Å². The summed E-state index contributed by atoms with van der Waals surface area (Å²) in [6.45, 7) is 1.62. The first kappa shape index (κ1) is 13.5. The van der Waals surface area contributed by atoms with Crippen molar-refractivity contribution < 1.29 is 4.79 Å². The molecule has 1 saturated heterocycles. The van der Waals surface area contributed by atoms with Crippen molar-refractivity contribution >= 4 is 5.91 Å². The van der Waals surface area contributed by atoms with E-state index in [1.807, 2.05) is 5.01 Å². The molecule has 0 radical (unpaired) electrons. The van der Waals surface area contributed by atoms with Gasteiger partial charge in [-0.2, -0.15) is 5.10 Å². The fourth-order valence-electron chi connectivity index (χ4n) is 2.27. The Bertz CT molecular complexity index is 672. The zero-order chi connectivity index (χ0) is 14.7. The highest BCUT2D eigenvalue weighted by molar-refractivity contribution is 5.93. The predicted octanol–water partition coefficient (Wildman–Crippen LogP) is 0.0863. The molecular formula is C13H16N6O2. The topological polar surface area (TPSA) is 95.9 Å². The molecule has 2 aromatic rings. The third-order valence-electron chi connectivity index (χ3n) is 3.37. The lowest BCUT2D eigenvalue weighted by atomic mass is 10.2. The highest BCUT2D eigenvalue weighted by Gasteiger charge is 2.17. The van der Waals surface area contributed by atoms with Crippen LogP contribution in [0.4, 0.5) is 0 Å². The third-order valence-corrected chi connectivity index (χ3v) is 3.37. The van der Waals surface area contributed by atoms with Crippen LogP contribution in [0.15, 0.2) is 29.5 Å². The van der Waals surface area contributed by atoms with E-state index in [9.17, 15) is 9.59 Å². The molecule has 2 N–H and O–H groups in total. The van der Waals surface area contributed by atoms with Crippen molar-refractivity contribution in [2.24, 2.45) is 0 Å². The number of hydrogen-bond donors (Lipinski definition) is 2. The number of H-pyrrole nitrogens is 1. The molecule has 8 nitrogen and oxygen atoms in total. The molecule has 2 aromatic heterocycles. The van der Waals surface area contributed by atoms with Gasteiger partial charge < -0.3 is 0 Å². The minimum Gasteiger partial charge on any atom is -0.290 e. The summed E-state index contributed by atoms with van der Waals surface area (Å²) in [6, 6.07) is 1.72. The number of carbonyl (C=O) groups is 1. The summed E-state index contributed by atoms with van der Waals surface area (Å²) >= 11 is 0. The van der Waals surface area contributed by atoms with Gasteiger partial charge in [-0.1, -0.05) is 6.42 Å². The van der Waals surface area contributed by atoms with Crippen molar-refractivity contribution in [3.8, 4) is 5.95 Å². The second-order valence-electron chi connectivity index (χ2n) is 4.89. The Kier molecular flexibility index (Phi) is 3.78. The minimum absolute atomic E-state index is 0.00326. The van der Waals surface area contributed by atoms with Gasteiger partial charge in [0.1, 0.15) is 5.56 Å². The van der Waals surface area contributed by atoms with Crippen molar-refractivity contribution in [2.45, 2.75) is 19.3 Å². The Hall–Kier alpha value is -2.48. The van der Waals surface area contributed by atoms with Crippen LogP contribution in [0.3, 0.4) is 0 Å². The molecule has 1 aliphatic heterocycles. The molecule has 110 valence electrons. The molecule has 1 amide bonds. The molecule has 0 unspecified atom stereocenters. The van der Waals surface area contributed by atoms with Gasteiger partial charge in [-0.05, 0) is 18.9 Å². The second-order valence-corrected chi connectivity index (χ2v) is 4.89. The van der Waals surface area contributed by atoms with E-state index < -0.39 is 11.5 Å². The summed E-state index contributed by atoms with van der Waals surface area (Å²) in [6.07, 6.45) is 7.78. The quantitative estimate of drug-likeness (QED) is 0.834. The average Bonchev–Trinajstić information content (AvgIpc) is 3.02. The zero-order valence-electron chi connectivity index (χ0n) is 11.5. The Morgan fingerprint density at radius 3 is 2.76 bits per heavy atom. The highest BCUT2D eigenvalue weighted by atomic mass is 16.2. The predicted molar refractivity (Wildman–Crippen MR) is 74.9 cm³/mol. The van der Waals surface area contributed by atoms with E-state index in [0.29, 0.717) is 0 Å². The van der Waals surface area contributed by atoms with Crippen LogP contribution in [0.2, 0.25) is 0 Å². The number of aromatic nitrogens is 4. The Morgan fingerprint density at radius 2 is 2.10 bits per heavy atom. The third kappa shape index (κ3) is 3.00. The molecule has 3 heterocycles. The van der Waals surface area contributed by atoms with Gasteiger partial charge in [0.25, 0.3) is 11.5 Å². The Labute approximate surface area is 120 Å². The first-order valence-corrected chi connectivity index (χ1v) is 6.89. The fraction of sp³-hybridized carbons (Fsp3) is 0.385. The number of hydrogen-bond acceptors (Lipinski definition) is 5. The standard InChI is InChI=1S/C13H16N6O2/c20-11-10(12(21)17-18-6-2-1-3-7-18)9-14-13(16-11)19-8-4-5-15-19/h4-5,8-9H,1-3,6-7H2,(H,17,21)(H,14,16,20). The molecule has 1 fully saturated rings. The summed E-state index contributed by atoms with van der Waals surface area (Å²) < 4.78 is 1.42. The average molecular weight is 288 g/mol. The number of nitrogens with zero attached hydrogens (tertiary/aromatic N) is 4. The number of piperidine rings is 1. The van der Waals surface area contributed by atoms with Crippen LogP contribution in [0, 0.1) is 0 Å². The van der Waals surface area contributed by atoms with E-state index in [1.54, 1.807) is 18.5 Å². The second kappa shape index (κ2) is 5.88. The number of aromatic amines is 1. The summed E-state index contributed by atoms with van der Waals surface area (Å²) in [4.78, 5) is 30.7. The number of rotatable bonds is 3. The van der Waals surface area contributed by atoms with Crippen molar-refractivity contribution in [2.75, 3.05) is 13.1 Å². The maximum Gasteiger partial charge on any atom is 0.272 e. The molecule has 0 aliphatic carbocycles. The van der Waals surface area contributed by atoms with Crippen LogP contribution in [-0.2, 0) is 0 Å². The lowest BCUT2D eigenvalue weighted by molar-refractivity contribution is 0.0748. The molecule has 1 aliphatic rings. The van der Waals surface area contributed by atoms with Gasteiger partial charge in [-0.3, -0.25) is 20.0 Å². The summed E-state index contributed by atoms with van der Waals surface area (Å²) in [5.74, 6) is -0.155. The molecule has 8 heteroatoms. The molecule has 3 rings (SSSR count). The molecular weight excluding hydrogens is 272 g/mol. The monoisotopic (exact) mass is 288 g/mol. The van der Waals surface area contributed by atoms with Crippen molar-refractivity contribution in [1.29, 1.82) is 0 Å². The van der Waals surface area contributed by atoms with E-state index in [1.165, 1.54) is 17.3 Å². The Morgan fingerprint density at radius 1 is 1.29 bits per heavy atom. The minimum atomic E-state index is -0.481. The lowest BCUT2D eigenvalue weighted by Gasteiger charge is -2.26. The van der Waals surface area contributed by atoms with Crippen LogP contribution in [0.25, 0.3) is 5.95 Å². The van der Waals surface area contributed by atoms with Crippen LogP contribution in [-0.4, -0.2) is 43.8 Å². The molecule has 0 spiro atoms. The van der Waals surface area contributed by atoms with E-state index in [2.05, 4.69) is 20.5 Å². The van der Waals surface area contributed by atoms with Crippen molar-refractivity contribution in [3.63, 3.8) is 0 Å². The van der Waals surface area contributed by atoms with E-state index in [-0.39, 0.29) is 11.5 Å².